The van der Waals surface area contributed by atoms with Crippen molar-refractivity contribution in [2.75, 3.05) is 19.1 Å². The van der Waals surface area contributed by atoms with E-state index in [1.807, 2.05) is 0 Å². The summed E-state index contributed by atoms with van der Waals surface area (Å²) in [4.78, 5) is 26.8. The van der Waals surface area contributed by atoms with Gasteiger partial charge in [-0.1, -0.05) is 30.3 Å². The summed E-state index contributed by atoms with van der Waals surface area (Å²) < 4.78 is 49.0. The van der Waals surface area contributed by atoms with Crippen molar-refractivity contribution in [1.29, 1.82) is 0 Å². The zero-order chi connectivity index (χ0) is 23.3. The summed E-state index contributed by atoms with van der Waals surface area (Å²) in [6.45, 7) is 0. The van der Waals surface area contributed by atoms with E-state index in [2.05, 4.69) is 4.74 Å². The largest absolute Gasteiger partial charge is 0.835 e. The normalized spacial score (nSPS) is 19.1. The number of rotatable bonds is 3. The zero-order valence-electron chi connectivity index (χ0n) is 17.0. The van der Waals surface area contributed by atoms with Crippen LogP contribution in [0.15, 0.2) is 72.4 Å². The number of hydrogen-bond acceptors (Lipinski definition) is 4. The smallest absolute Gasteiger partial charge is 0.478 e. The molecule has 0 fully saturated rings. The number of aromatic nitrogens is 1. The van der Waals surface area contributed by atoms with Gasteiger partial charge in [0.2, 0.25) is 11.4 Å². The molecule has 0 bridgehead atoms. The molecule has 32 heavy (non-hydrogen) atoms. The maximum Gasteiger partial charge on any atom is 0.478 e. The summed E-state index contributed by atoms with van der Waals surface area (Å²) in [6, 6.07) is 14.8. The number of hydrogen-bond donors (Lipinski definition) is 0. The standard InChI is InChI=1S/C23H17F3N2O4/c1-27-17-12-6-4-10-15(17)22(31,21(27)30)18(20(29)32-2)19(23(24,25)26)28-13-7-9-14-8-3-5-11-16(14)28/h3-13H,1-2H3/b19-18-/t22-/m1/s1. The van der Waals surface area contributed by atoms with Crippen molar-refractivity contribution in [3.8, 4) is 0 Å². The number of methoxy groups -OCH3 is 1. The van der Waals surface area contributed by atoms with Crippen LogP contribution in [0.3, 0.4) is 0 Å². The van der Waals surface area contributed by atoms with Crippen LogP contribution in [-0.2, 0) is 19.9 Å². The van der Waals surface area contributed by atoms with E-state index in [1.165, 1.54) is 43.4 Å². The van der Waals surface area contributed by atoms with Gasteiger partial charge in [0.05, 0.1) is 7.11 Å². The molecular formula is C23H17F3N2O4. The second kappa shape index (κ2) is 7.45. The van der Waals surface area contributed by atoms with E-state index in [9.17, 15) is 27.9 Å². The van der Waals surface area contributed by atoms with E-state index in [1.54, 1.807) is 24.3 Å². The minimum atomic E-state index is -5.17. The Balaban J connectivity index is 2.18. The lowest BCUT2D eigenvalue weighted by atomic mass is 9.85. The second-order valence-corrected chi connectivity index (χ2v) is 7.21. The number of amides is 1. The van der Waals surface area contributed by atoms with E-state index >= 15 is 0 Å². The minimum Gasteiger partial charge on any atom is -0.835 e. The van der Waals surface area contributed by atoms with Gasteiger partial charge in [0.15, 0.2) is 6.20 Å². The first-order chi connectivity index (χ1) is 15.1. The van der Waals surface area contributed by atoms with Gasteiger partial charge in [-0.3, -0.25) is 4.79 Å². The molecule has 0 radical (unpaired) electrons. The van der Waals surface area contributed by atoms with Crippen LogP contribution in [-0.4, -0.2) is 32.2 Å². The van der Waals surface area contributed by atoms with E-state index in [4.69, 9.17) is 0 Å². The van der Waals surface area contributed by atoms with E-state index in [-0.39, 0.29) is 16.8 Å². The molecule has 2 heterocycles. The number of carbonyl (C=O) groups is 2. The van der Waals surface area contributed by atoms with E-state index in [0.717, 1.165) is 18.2 Å². The Morgan fingerprint density at radius 1 is 1.06 bits per heavy atom. The molecule has 4 rings (SSSR count). The lowest BCUT2D eigenvalue weighted by Crippen LogP contribution is -2.56. The van der Waals surface area contributed by atoms with Crippen LogP contribution in [0.5, 0.6) is 0 Å². The highest BCUT2D eigenvalue weighted by Crippen LogP contribution is 2.45. The predicted molar refractivity (Wildman–Crippen MR) is 107 cm³/mol. The first-order valence-electron chi connectivity index (χ1n) is 9.50. The Kier molecular flexibility index (Phi) is 5.01. The number of ether oxygens (including phenoxy) is 1. The third-order valence-corrected chi connectivity index (χ3v) is 5.45. The van der Waals surface area contributed by atoms with Gasteiger partial charge in [-0.2, -0.15) is 17.7 Å². The fourth-order valence-corrected chi connectivity index (χ4v) is 4.03. The number of fused-ring (bicyclic) bond motifs is 2. The Morgan fingerprint density at radius 3 is 2.38 bits per heavy atom. The summed E-state index contributed by atoms with van der Waals surface area (Å²) >= 11 is 0. The van der Waals surface area contributed by atoms with Crippen molar-refractivity contribution in [3.63, 3.8) is 0 Å². The van der Waals surface area contributed by atoms with Crippen molar-refractivity contribution in [1.82, 2.24) is 0 Å². The van der Waals surface area contributed by atoms with Crippen LogP contribution < -0.4 is 14.6 Å². The van der Waals surface area contributed by atoms with Gasteiger partial charge in [0.1, 0.15) is 5.57 Å². The van der Waals surface area contributed by atoms with Crippen molar-refractivity contribution >= 4 is 34.2 Å². The molecule has 0 aliphatic carbocycles. The Bertz CT molecular complexity index is 1280. The highest BCUT2D eigenvalue weighted by molar-refractivity contribution is 6.15. The van der Waals surface area contributed by atoms with Gasteiger partial charge in [-0.25, -0.2) is 4.79 Å². The maximum absolute atomic E-state index is 14.6. The fourth-order valence-electron chi connectivity index (χ4n) is 4.03. The molecule has 2 aromatic carbocycles. The number of benzene rings is 2. The van der Waals surface area contributed by atoms with Crippen LogP contribution in [0, 0.1) is 0 Å². The van der Waals surface area contributed by atoms with Gasteiger partial charge in [-0.05, 0) is 23.8 Å². The maximum atomic E-state index is 14.6. The molecular weight excluding hydrogens is 425 g/mol. The third kappa shape index (κ3) is 3.04. The molecule has 0 saturated carbocycles. The third-order valence-electron chi connectivity index (χ3n) is 5.45. The molecule has 0 unspecified atom stereocenters. The van der Waals surface area contributed by atoms with Crippen molar-refractivity contribution < 1.29 is 37.2 Å². The highest BCUT2D eigenvalue weighted by Gasteiger charge is 2.56. The first kappa shape index (κ1) is 21.5. The lowest BCUT2D eigenvalue weighted by Gasteiger charge is -2.35. The van der Waals surface area contributed by atoms with Gasteiger partial charge < -0.3 is 14.7 Å². The van der Waals surface area contributed by atoms with Crippen molar-refractivity contribution in [2.24, 2.45) is 0 Å². The molecule has 1 amide bonds. The molecule has 0 N–H and O–H groups in total. The van der Waals surface area contributed by atoms with Crippen LogP contribution in [0.2, 0.25) is 0 Å². The average molecular weight is 442 g/mol. The number of esters is 1. The van der Waals surface area contributed by atoms with Crippen LogP contribution >= 0.6 is 0 Å². The van der Waals surface area contributed by atoms with Crippen LogP contribution in [0.1, 0.15) is 5.56 Å². The number of allylic oxidation sites excluding steroid dienone is 1. The summed E-state index contributed by atoms with van der Waals surface area (Å²) in [5.74, 6) is -2.74. The highest BCUT2D eigenvalue weighted by atomic mass is 19.4. The molecule has 164 valence electrons. The molecule has 9 heteroatoms. The lowest BCUT2D eigenvalue weighted by molar-refractivity contribution is -0.571. The molecule has 3 aromatic rings. The Hall–Kier alpha value is -3.72. The second-order valence-electron chi connectivity index (χ2n) is 7.21. The molecule has 1 aliphatic heterocycles. The number of nitrogens with zero attached hydrogens (tertiary/aromatic N) is 2. The summed E-state index contributed by atoms with van der Waals surface area (Å²) in [5.41, 5.74) is -6.09. The number of likely N-dealkylation sites (N-methyl/N-ethyl adjacent to an activating group) is 1. The number of alkyl halides is 3. The summed E-state index contributed by atoms with van der Waals surface area (Å²) in [6.07, 6.45) is -4.08. The summed E-state index contributed by atoms with van der Waals surface area (Å²) in [5, 5.41) is 14.5. The molecule has 6 nitrogen and oxygen atoms in total. The monoisotopic (exact) mass is 442 g/mol. The zero-order valence-corrected chi connectivity index (χ0v) is 17.0. The van der Waals surface area contributed by atoms with Gasteiger partial charge in [-0.15, -0.1) is 0 Å². The van der Waals surface area contributed by atoms with Crippen molar-refractivity contribution in [3.05, 3.63) is 78.0 Å². The molecule has 0 saturated heterocycles. The molecule has 1 aliphatic rings. The van der Waals surface area contributed by atoms with Gasteiger partial charge in [0, 0.05) is 35.9 Å². The Morgan fingerprint density at radius 2 is 1.69 bits per heavy atom. The summed E-state index contributed by atoms with van der Waals surface area (Å²) in [7, 11) is 2.14. The predicted octanol–water partition coefficient (Wildman–Crippen LogP) is 2.31. The number of halogens is 3. The number of carbonyl (C=O) groups excluding carboxylic acids is 2. The van der Waals surface area contributed by atoms with Crippen LogP contribution in [0.4, 0.5) is 18.9 Å². The fraction of sp³-hybridized carbons (Fsp3) is 0.174. The number of anilines is 1. The average Bonchev–Trinajstić information content (AvgIpc) is 2.98. The topological polar surface area (TPSA) is 73.5 Å². The van der Waals surface area contributed by atoms with Gasteiger partial charge >= 0.3 is 17.8 Å². The van der Waals surface area contributed by atoms with Gasteiger partial charge in [0.25, 0.3) is 0 Å². The minimum absolute atomic E-state index is 0.0967. The first-order valence-corrected chi connectivity index (χ1v) is 9.50. The number of para-hydroxylation sites is 2. The molecule has 1 aromatic heterocycles. The SMILES string of the molecule is COC(=O)/C(=C(/[n+]1cccc2ccccc21)C(F)(F)F)[C@@]1([O-])C(=O)N(C)c2ccccc21. The molecule has 1 atom stereocenters. The van der Waals surface area contributed by atoms with Crippen molar-refractivity contribution in [2.45, 2.75) is 11.8 Å². The quantitative estimate of drug-likeness (QED) is 0.355. The van der Waals surface area contributed by atoms with E-state index < -0.39 is 34.9 Å². The Labute approximate surface area is 180 Å². The van der Waals surface area contributed by atoms with Crippen LogP contribution in [0.25, 0.3) is 16.6 Å². The molecule has 0 spiro atoms. The number of pyridine rings is 1. The van der Waals surface area contributed by atoms with E-state index in [0.29, 0.717) is 9.95 Å².